The minimum absolute atomic E-state index is 0.804. The molecule has 216 valence electrons. The largest absolute Gasteiger partial charge is 0.456 e. The van der Waals surface area contributed by atoms with E-state index in [1.165, 1.54) is 0 Å². The van der Waals surface area contributed by atoms with E-state index in [1.807, 2.05) is 36.4 Å². The Morgan fingerprint density at radius 3 is 1.65 bits per heavy atom. The van der Waals surface area contributed by atoms with Crippen LogP contribution in [0.5, 0.6) is 0 Å². The third-order valence-electron chi connectivity index (χ3n) is 9.07. The maximum atomic E-state index is 6.90. The Kier molecular flexibility index (Phi) is 5.25. The van der Waals surface area contributed by atoms with Gasteiger partial charge in [-0.2, -0.15) is 0 Å². The molecule has 0 bridgehead atoms. The molecule has 0 saturated heterocycles. The zero-order valence-corrected chi connectivity index (χ0v) is 24.6. The molecule has 0 spiro atoms. The second-order valence-electron chi connectivity index (χ2n) is 11.7. The van der Waals surface area contributed by atoms with Gasteiger partial charge in [0.15, 0.2) is 11.2 Å². The van der Waals surface area contributed by atoms with Crippen molar-refractivity contribution in [1.82, 2.24) is 0 Å². The fraction of sp³-hybridized carbons (Fsp3) is 0. The standard InChI is InChI=1S/C42H25NO3/c1-2-11-26(12-3-1)28-15-8-16-33-34-18-10-20-36(42(34)46-40(28)33)43(27-23-24-31-29-13-4-6-21-37(29)44-39(31)25-27)35-19-9-17-32-30-14-5-7-22-38(30)45-41(32)35/h1-25H. The van der Waals surface area contributed by atoms with Gasteiger partial charge in [0.05, 0.1) is 17.1 Å². The molecule has 0 saturated carbocycles. The van der Waals surface area contributed by atoms with Crippen molar-refractivity contribution in [2.75, 3.05) is 4.90 Å². The normalized spacial score (nSPS) is 11.9. The van der Waals surface area contributed by atoms with Crippen molar-refractivity contribution >= 4 is 82.9 Å². The zero-order chi connectivity index (χ0) is 30.2. The molecule has 46 heavy (non-hydrogen) atoms. The van der Waals surface area contributed by atoms with Gasteiger partial charge in [0.1, 0.15) is 22.3 Å². The van der Waals surface area contributed by atoms with Gasteiger partial charge in [-0.05, 0) is 42.0 Å². The molecule has 3 aromatic heterocycles. The number of para-hydroxylation sites is 5. The number of hydrogen-bond donors (Lipinski definition) is 0. The summed E-state index contributed by atoms with van der Waals surface area (Å²) in [5.74, 6) is 0. The molecule has 10 aromatic rings. The minimum atomic E-state index is 0.804. The molecule has 0 N–H and O–H groups in total. The summed E-state index contributed by atoms with van der Waals surface area (Å²) in [6, 6.07) is 52.3. The Bertz CT molecular complexity index is 2760. The second kappa shape index (κ2) is 9.62. The summed E-state index contributed by atoms with van der Waals surface area (Å²) in [5.41, 5.74) is 9.98. The summed E-state index contributed by atoms with van der Waals surface area (Å²) in [6.45, 7) is 0. The number of benzene rings is 7. The van der Waals surface area contributed by atoms with Gasteiger partial charge in [-0.1, -0.05) is 109 Å². The molecule has 7 aromatic carbocycles. The van der Waals surface area contributed by atoms with Crippen LogP contribution in [0, 0.1) is 0 Å². The topological polar surface area (TPSA) is 42.7 Å². The number of fused-ring (bicyclic) bond motifs is 9. The fourth-order valence-corrected chi connectivity index (χ4v) is 7.00. The third-order valence-corrected chi connectivity index (χ3v) is 9.07. The quantitative estimate of drug-likeness (QED) is 0.204. The summed E-state index contributed by atoms with van der Waals surface area (Å²) in [7, 11) is 0. The van der Waals surface area contributed by atoms with Crippen LogP contribution < -0.4 is 4.90 Å². The zero-order valence-electron chi connectivity index (χ0n) is 24.6. The van der Waals surface area contributed by atoms with Gasteiger partial charge >= 0.3 is 0 Å². The van der Waals surface area contributed by atoms with Gasteiger partial charge in [0.25, 0.3) is 0 Å². The minimum Gasteiger partial charge on any atom is -0.456 e. The smallest absolute Gasteiger partial charge is 0.159 e. The van der Waals surface area contributed by atoms with E-state index in [2.05, 4.69) is 120 Å². The van der Waals surface area contributed by atoms with Gasteiger partial charge in [-0.3, -0.25) is 0 Å². The highest BCUT2D eigenvalue weighted by molar-refractivity contribution is 6.16. The van der Waals surface area contributed by atoms with Crippen molar-refractivity contribution in [2.24, 2.45) is 0 Å². The van der Waals surface area contributed by atoms with Crippen molar-refractivity contribution in [1.29, 1.82) is 0 Å². The lowest BCUT2D eigenvalue weighted by molar-refractivity contribution is 0.665. The van der Waals surface area contributed by atoms with E-state index >= 15 is 0 Å². The Labute approximate surface area is 263 Å². The number of furan rings is 3. The first kappa shape index (κ1) is 25.1. The fourth-order valence-electron chi connectivity index (χ4n) is 7.00. The summed E-state index contributed by atoms with van der Waals surface area (Å²) < 4.78 is 19.9. The van der Waals surface area contributed by atoms with Crippen LogP contribution in [-0.2, 0) is 0 Å². The van der Waals surface area contributed by atoms with Crippen LogP contribution in [0.15, 0.2) is 165 Å². The van der Waals surface area contributed by atoms with Crippen LogP contribution in [0.1, 0.15) is 0 Å². The molecule has 0 aliphatic heterocycles. The van der Waals surface area contributed by atoms with Crippen LogP contribution in [-0.4, -0.2) is 0 Å². The molecule has 0 radical (unpaired) electrons. The number of nitrogens with zero attached hydrogens (tertiary/aromatic N) is 1. The molecular weight excluding hydrogens is 566 g/mol. The molecule has 0 fully saturated rings. The Morgan fingerprint density at radius 2 is 0.891 bits per heavy atom. The highest BCUT2D eigenvalue weighted by Gasteiger charge is 2.24. The lowest BCUT2D eigenvalue weighted by Crippen LogP contribution is -2.10. The molecule has 3 heterocycles. The van der Waals surface area contributed by atoms with Gasteiger partial charge in [-0.15, -0.1) is 0 Å². The van der Waals surface area contributed by atoms with Crippen molar-refractivity contribution < 1.29 is 13.3 Å². The molecule has 0 atom stereocenters. The first-order valence-electron chi connectivity index (χ1n) is 15.4. The van der Waals surface area contributed by atoms with Crippen molar-refractivity contribution in [3.63, 3.8) is 0 Å². The van der Waals surface area contributed by atoms with Crippen LogP contribution >= 0.6 is 0 Å². The van der Waals surface area contributed by atoms with Crippen LogP contribution in [0.4, 0.5) is 17.1 Å². The maximum Gasteiger partial charge on any atom is 0.159 e. The van der Waals surface area contributed by atoms with E-state index < -0.39 is 0 Å². The van der Waals surface area contributed by atoms with E-state index in [4.69, 9.17) is 13.3 Å². The van der Waals surface area contributed by atoms with Crippen LogP contribution in [0.3, 0.4) is 0 Å². The van der Waals surface area contributed by atoms with Crippen LogP contribution in [0.2, 0.25) is 0 Å². The van der Waals surface area contributed by atoms with Crippen LogP contribution in [0.25, 0.3) is 76.9 Å². The van der Waals surface area contributed by atoms with Gasteiger partial charge < -0.3 is 18.2 Å². The molecule has 0 unspecified atom stereocenters. The van der Waals surface area contributed by atoms with Gasteiger partial charge in [0, 0.05) is 43.9 Å². The Hall–Kier alpha value is -6.26. The summed E-state index contributed by atoms with van der Waals surface area (Å²) in [6.07, 6.45) is 0. The number of anilines is 3. The molecule has 4 heteroatoms. The molecule has 0 aliphatic rings. The van der Waals surface area contributed by atoms with E-state index in [-0.39, 0.29) is 0 Å². The lowest BCUT2D eigenvalue weighted by atomic mass is 10.0. The van der Waals surface area contributed by atoms with Crippen molar-refractivity contribution in [3.8, 4) is 11.1 Å². The van der Waals surface area contributed by atoms with Crippen molar-refractivity contribution in [3.05, 3.63) is 152 Å². The highest BCUT2D eigenvalue weighted by Crippen LogP contribution is 2.47. The molecular formula is C42H25NO3. The van der Waals surface area contributed by atoms with Gasteiger partial charge in [0.2, 0.25) is 0 Å². The summed E-state index contributed by atoms with van der Waals surface area (Å²) in [4.78, 5) is 2.24. The Balaban J connectivity index is 1.28. The summed E-state index contributed by atoms with van der Waals surface area (Å²) >= 11 is 0. The Morgan fingerprint density at radius 1 is 0.348 bits per heavy atom. The second-order valence-corrected chi connectivity index (χ2v) is 11.7. The SMILES string of the molecule is c1ccc(-c2cccc3c2oc2c(N(c4ccc5c(c4)oc4ccccc45)c4cccc5c4oc4ccccc45)cccc23)cc1. The van der Waals surface area contributed by atoms with E-state index in [0.717, 1.165) is 94.0 Å². The third kappa shape index (κ3) is 3.61. The molecule has 4 nitrogen and oxygen atoms in total. The van der Waals surface area contributed by atoms with E-state index in [9.17, 15) is 0 Å². The van der Waals surface area contributed by atoms with E-state index in [0.29, 0.717) is 0 Å². The number of hydrogen-bond acceptors (Lipinski definition) is 4. The summed E-state index contributed by atoms with van der Waals surface area (Å²) in [5, 5.41) is 6.45. The predicted molar refractivity (Wildman–Crippen MR) is 188 cm³/mol. The monoisotopic (exact) mass is 591 g/mol. The predicted octanol–water partition coefficient (Wildman–Crippen LogP) is 12.5. The number of rotatable bonds is 4. The maximum absolute atomic E-state index is 6.90. The van der Waals surface area contributed by atoms with E-state index in [1.54, 1.807) is 0 Å². The first-order valence-corrected chi connectivity index (χ1v) is 15.4. The van der Waals surface area contributed by atoms with Gasteiger partial charge in [-0.25, -0.2) is 0 Å². The lowest BCUT2D eigenvalue weighted by Gasteiger charge is -2.25. The van der Waals surface area contributed by atoms with Crippen molar-refractivity contribution in [2.45, 2.75) is 0 Å². The first-order chi connectivity index (χ1) is 22.8. The molecule has 10 rings (SSSR count). The average Bonchev–Trinajstić information content (AvgIpc) is 3.80. The average molecular weight is 592 g/mol. The molecule has 0 amide bonds. The molecule has 0 aliphatic carbocycles. The highest BCUT2D eigenvalue weighted by atomic mass is 16.3.